The first-order valence-corrected chi connectivity index (χ1v) is 8.93. The molecule has 0 bridgehead atoms. The molecule has 0 saturated heterocycles. The van der Waals surface area contributed by atoms with Crippen molar-refractivity contribution >= 4 is 34.4 Å². The van der Waals surface area contributed by atoms with E-state index in [0.717, 1.165) is 22.7 Å². The molecule has 2 aromatic carbocycles. The van der Waals surface area contributed by atoms with Gasteiger partial charge in [0, 0.05) is 12.2 Å². The van der Waals surface area contributed by atoms with Crippen LogP contribution in [0.25, 0.3) is 11.0 Å². The van der Waals surface area contributed by atoms with Gasteiger partial charge < -0.3 is 9.88 Å². The Kier molecular flexibility index (Phi) is 5.05. The number of para-hydroxylation sites is 2. The van der Waals surface area contributed by atoms with Crippen molar-refractivity contribution in [3.63, 3.8) is 0 Å². The molecule has 5 nitrogen and oxygen atoms in total. The molecule has 126 valence electrons. The van der Waals surface area contributed by atoms with Crippen LogP contribution < -0.4 is 5.32 Å². The third-order valence-electron chi connectivity index (χ3n) is 3.87. The predicted molar refractivity (Wildman–Crippen MR) is 101 cm³/mol. The van der Waals surface area contributed by atoms with Crippen molar-refractivity contribution in [2.75, 3.05) is 5.32 Å². The lowest BCUT2D eigenvalue weighted by Gasteiger charge is -2.12. The fourth-order valence-corrected chi connectivity index (χ4v) is 3.52. The summed E-state index contributed by atoms with van der Waals surface area (Å²) < 4.78 is 2.12. The van der Waals surface area contributed by atoms with Crippen molar-refractivity contribution < 1.29 is 4.79 Å². The second-order valence-corrected chi connectivity index (χ2v) is 6.87. The van der Waals surface area contributed by atoms with Crippen molar-refractivity contribution in [3.05, 3.63) is 54.1 Å². The molecule has 0 fully saturated rings. The van der Waals surface area contributed by atoms with E-state index >= 15 is 0 Å². The van der Waals surface area contributed by atoms with Gasteiger partial charge >= 0.3 is 0 Å². The van der Waals surface area contributed by atoms with Gasteiger partial charge in [-0.1, -0.05) is 23.9 Å². The van der Waals surface area contributed by atoms with E-state index in [-0.39, 0.29) is 11.2 Å². The highest BCUT2D eigenvalue weighted by Gasteiger charge is 2.19. The van der Waals surface area contributed by atoms with Crippen molar-refractivity contribution in [2.45, 2.75) is 30.8 Å². The lowest BCUT2D eigenvalue weighted by Crippen LogP contribution is -2.22. The Morgan fingerprint density at radius 3 is 2.68 bits per heavy atom. The van der Waals surface area contributed by atoms with E-state index in [1.165, 1.54) is 11.8 Å². The molecule has 6 heteroatoms. The monoisotopic (exact) mass is 350 g/mol. The SMILES string of the molecule is CCn1c(S[C@H](C)C(=O)Nc2ccc(C#N)cc2)nc2ccccc21. The minimum absolute atomic E-state index is 0.0931. The molecule has 1 N–H and O–H groups in total. The summed E-state index contributed by atoms with van der Waals surface area (Å²) in [5, 5.41) is 12.2. The maximum absolute atomic E-state index is 12.5. The molecule has 1 atom stereocenters. The summed E-state index contributed by atoms with van der Waals surface area (Å²) in [6.45, 7) is 4.73. The topological polar surface area (TPSA) is 70.7 Å². The van der Waals surface area contributed by atoms with E-state index in [1.54, 1.807) is 24.3 Å². The summed E-state index contributed by atoms with van der Waals surface area (Å²) in [6.07, 6.45) is 0. The number of imidazole rings is 1. The summed E-state index contributed by atoms with van der Waals surface area (Å²) in [5.74, 6) is -0.0931. The van der Waals surface area contributed by atoms with Crippen LogP contribution in [0.3, 0.4) is 0 Å². The number of thioether (sulfide) groups is 1. The van der Waals surface area contributed by atoms with Gasteiger partial charge in [0.25, 0.3) is 0 Å². The van der Waals surface area contributed by atoms with Gasteiger partial charge in [0.1, 0.15) is 0 Å². The molecule has 1 amide bonds. The highest BCUT2D eigenvalue weighted by atomic mass is 32.2. The van der Waals surface area contributed by atoms with Crippen LogP contribution >= 0.6 is 11.8 Å². The van der Waals surface area contributed by atoms with Crippen LogP contribution in [0, 0.1) is 11.3 Å². The van der Waals surface area contributed by atoms with E-state index in [4.69, 9.17) is 5.26 Å². The van der Waals surface area contributed by atoms with Crippen molar-refractivity contribution in [1.82, 2.24) is 9.55 Å². The largest absolute Gasteiger partial charge is 0.325 e. The summed E-state index contributed by atoms with van der Waals surface area (Å²) in [7, 11) is 0. The zero-order valence-electron chi connectivity index (χ0n) is 14.1. The maximum atomic E-state index is 12.5. The normalized spacial score (nSPS) is 11.9. The molecule has 0 aliphatic rings. The molecule has 0 unspecified atom stereocenters. The van der Waals surface area contributed by atoms with Gasteiger partial charge in [-0.2, -0.15) is 5.26 Å². The maximum Gasteiger partial charge on any atom is 0.237 e. The minimum atomic E-state index is -0.294. The van der Waals surface area contributed by atoms with E-state index in [9.17, 15) is 4.79 Å². The standard InChI is InChI=1S/C19H18N4OS/c1-3-23-17-7-5-4-6-16(17)22-19(23)25-13(2)18(24)21-15-10-8-14(12-20)9-11-15/h4-11,13H,3H2,1-2H3,(H,21,24)/t13-/m1/s1. The lowest BCUT2D eigenvalue weighted by atomic mass is 10.2. The highest BCUT2D eigenvalue weighted by molar-refractivity contribution is 8.00. The molecule has 0 aliphatic heterocycles. The number of nitrogens with zero attached hydrogens (tertiary/aromatic N) is 3. The molecule has 1 aromatic heterocycles. The molecule has 0 spiro atoms. The van der Waals surface area contributed by atoms with Crippen LogP contribution in [-0.2, 0) is 11.3 Å². The van der Waals surface area contributed by atoms with Crippen LogP contribution in [0.5, 0.6) is 0 Å². The van der Waals surface area contributed by atoms with Gasteiger partial charge in [-0.15, -0.1) is 0 Å². The molecule has 0 aliphatic carbocycles. The third kappa shape index (κ3) is 3.67. The van der Waals surface area contributed by atoms with E-state index in [0.29, 0.717) is 11.3 Å². The zero-order chi connectivity index (χ0) is 17.8. The molecule has 1 heterocycles. The average Bonchev–Trinajstić information content (AvgIpc) is 2.99. The molecule has 3 aromatic rings. The smallest absolute Gasteiger partial charge is 0.237 e. The number of rotatable bonds is 5. The van der Waals surface area contributed by atoms with Crippen molar-refractivity contribution in [1.29, 1.82) is 5.26 Å². The highest BCUT2D eigenvalue weighted by Crippen LogP contribution is 2.27. The fourth-order valence-electron chi connectivity index (χ4n) is 2.53. The molecular formula is C19H18N4OS. The van der Waals surface area contributed by atoms with Crippen molar-refractivity contribution in [3.8, 4) is 6.07 Å². The lowest BCUT2D eigenvalue weighted by molar-refractivity contribution is -0.115. The Bertz CT molecular complexity index is 940. The molecule has 0 radical (unpaired) electrons. The Morgan fingerprint density at radius 1 is 1.28 bits per heavy atom. The van der Waals surface area contributed by atoms with Gasteiger partial charge in [-0.25, -0.2) is 4.98 Å². The zero-order valence-corrected chi connectivity index (χ0v) is 14.9. The molecule has 25 heavy (non-hydrogen) atoms. The van der Waals surface area contributed by atoms with Crippen LogP contribution in [0.4, 0.5) is 5.69 Å². The third-order valence-corrected chi connectivity index (χ3v) is 4.96. The Morgan fingerprint density at radius 2 is 2.00 bits per heavy atom. The first kappa shape index (κ1) is 17.1. The number of nitriles is 1. The minimum Gasteiger partial charge on any atom is -0.325 e. The Balaban J connectivity index is 1.74. The number of hydrogen-bond donors (Lipinski definition) is 1. The van der Waals surface area contributed by atoms with Crippen LogP contribution in [0.1, 0.15) is 19.4 Å². The molecular weight excluding hydrogens is 332 g/mol. The van der Waals surface area contributed by atoms with E-state index < -0.39 is 0 Å². The number of amides is 1. The summed E-state index contributed by atoms with van der Waals surface area (Å²) in [6, 6.07) is 16.9. The average molecular weight is 350 g/mol. The summed E-state index contributed by atoms with van der Waals surface area (Å²) in [5.41, 5.74) is 3.26. The van der Waals surface area contributed by atoms with Gasteiger partial charge in [-0.05, 0) is 50.2 Å². The number of fused-ring (bicyclic) bond motifs is 1. The Hall–Kier alpha value is -2.78. The quantitative estimate of drug-likeness (QED) is 0.705. The number of aromatic nitrogens is 2. The fraction of sp³-hybridized carbons (Fsp3) is 0.211. The van der Waals surface area contributed by atoms with Crippen molar-refractivity contribution in [2.24, 2.45) is 0 Å². The number of nitrogens with one attached hydrogen (secondary N) is 1. The first-order chi connectivity index (χ1) is 12.1. The summed E-state index contributed by atoms with van der Waals surface area (Å²) in [4.78, 5) is 17.1. The van der Waals surface area contributed by atoms with E-state index in [1.807, 2.05) is 31.2 Å². The second-order valence-electron chi connectivity index (χ2n) is 5.57. The molecule has 3 rings (SSSR count). The predicted octanol–water partition coefficient (Wildman–Crippen LogP) is 4.05. The number of anilines is 1. The van der Waals surface area contributed by atoms with Crippen LogP contribution in [0.2, 0.25) is 0 Å². The number of carbonyl (C=O) groups is 1. The second kappa shape index (κ2) is 7.41. The Labute approximate surface area is 150 Å². The van der Waals surface area contributed by atoms with Gasteiger partial charge in [0.15, 0.2) is 5.16 Å². The number of carbonyl (C=O) groups excluding carboxylic acids is 1. The van der Waals surface area contributed by atoms with Gasteiger partial charge in [0.05, 0.1) is 27.9 Å². The van der Waals surface area contributed by atoms with Crippen LogP contribution in [-0.4, -0.2) is 20.7 Å². The number of hydrogen-bond acceptors (Lipinski definition) is 4. The number of aryl methyl sites for hydroxylation is 1. The van der Waals surface area contributed by atoms with Gasteiger partial charge in [-0.3, -0.25) is 4.79 Å². The molecule has 0 saturated carbocycles. The van der Waals surface area contributed by atoms with E-state index in [2.05, 4.69) is 27.9 Å². The first-order valence-electron chi connectivity index (χ1n) is 8.05. The summed E-state index contributed by atoms with van der Waals surface area (Å²) >= 11 is 1.44. The van der Waals surface area contributed by atoms with Crippen LogP contribution in [0.15, 0.2) is 53.7 Å². The number of benzene rings is 2. The van der Waals surface area contributed by atoms with Gasteiger partial charge in [0.2, 0.25) is 5.91 Å².